The summed E-state index contributed by atoms with van der Waals surface area (Å²) in [6.45, 7) is 5.98. The Kier molecular flexibility index (Phi) is 4.72. The molecule has 52 valence electrons. The number of rotatable bonds is 3. The SMILES string of the molecule is CC(C)=CC[Si]C(C)O. The lowest BCUT2D eigenvalue weighted by atomic mass is 10.3. The van der Waals surface area contributed by atoms with Crippen LogP contribution in [0, 0.1) is 0 Å². The third kappa shape index (κ3) is 7.92. The van der Waals surface area contributed by atoms with Gasteiger partial charge in [-0.1, -0.05) is 11.6 Å². The molecule has 0 aromatic carbocycles. The Bertz CT molecular complexity index is 93.1. The van der Waals surface area contributed by atoms with E-state index >= 15 is 0 Å². The van der Waals surface area contributed by atoms with Gasteiger partial charge in [-0.3, -0.25) is 0 Å². The molecule has 1 unspecified atom stereocenters. The van der Waals surface area contributed by atoms with Gasteiger partial charge in [-0.15, -0.1) is 0 Å². The van der Waals surface area contributed by atoms with Gasteiger partial charge in [0.2, 0.25) is 0 Å². The van der Waals surface area contributed by atoms with Crippen LogP contribution in [0.4, 0.5) is 0 Å². The largest absolute Gasteiger partial charge is 0.397 e. The molecule has 1 atom stereocenters. The first kappa shape index (κ1) is 8.92. The van der Waals surface area contributed by atoms with E-state index in [-0.39, 0.29) is 5.73 Å². The Labute approximate surface area is 59.6 Å². The van der Waals surface area contributed by atoms with Gasteiger partial charge in [0.25, 0.3) is 0 Å². The minimum absolute atomic E-state index is 0.124. The van der Waals surface area contributed by atoms with E-state index in [0.717, 1.165) is 6.04 Å². The van der Waals surface area contributed by atoms with Crippen LogP contribution >= 0.6 is 0 Å². The van der Waals surface area contributed by atoms with Crippen molar-refractivity contribution in [1.82, 2.24) is 0 Å². The van der Waals surface area contributed by atoms with Crippen LogP contribution in [0.3, 0.4) is 0 Å². The van der Waals surface area contributed by atoms with E-state index in [2.05, 4.69) is 19.9 Å². The lowest BCUT2D eigenvalue weighted by Gasteiger charge is -1.97. The zero-order chi connectivity index (χ0) is 7.28. The Morgan fingerprint density at radius 1 is 1.67 bits per heavy atom. The molecule has 0 aliphatic rings. The molecule has 0 rings (SSSR count). The minimum atomic E-state index is -0.124. The van der Waals surface area contributed by atoms with Crippen LogP contribution in [0.1, 0.15) is 20.8 Å². The average Bonchev–Trinajstić information content (AvgIpc) is 1.63. The van der Waals surface area contributed by atoms with E-state index in [1.165, 1.54) is 5.57 Å². The summed E-state index contributed by atoms with van der Waals surface area (Å²) in [4.78, 5) is 0. The van der Waals surface area contributed by atoms with Crippen LogP contribution in [0.25, 0.3) is 0 Å². The minimum Gasteiger partial charge on any atom is -0.397 e. The smallest absolute Gasteiger partial charge is 0.0812 e. The highest BCUT2D eigenvalue weighted by atomic mass is 28.2. The van der Waals surface area contributed by atoms with E-state index < -0.39 is 0 Å². The number of allylic oxidation sites excluding steroid dienone is 2. The molecule has 0 heterocycles. The van der Waals surface area contributed by atoms with Gasteiger partial charge in [0.05, 0.1) is 9.52 Å². The number of aliphatic hydroxyl groups excluding tert-OH is 1. The Balaban J connectivity index is 3.20. The molecule has 2 radical (unpaired) electrons. The third-order valence-corrected chi connectivity index (χ3v) is 1.95. The molecule has 0 amide bonds. The number of hydrogen-bond acceptors (Lipinski definition) is 1. The van der Waals surface area contributed by atoms with Crippen molar-refractivity contribution in [3.63, 3.8) is 0 Å². The Morgan fingerprint density at radius 3 is 2.56 bits per heavy atom. The summed E-state index contributed by atoms with van der Waals surface area (Å²) in [5, 5.41) is 8.85. The highest BCUT2D eigenvalue weighted by Crippen LogP contribution is 1.93. The summed E-state index contributed by atoms with van der Waals surface area (Å²) < 4.78 is 0. The van der Waals surface area contributed by atoms with Crippen molar-refractivity contribution in [2.24, 2.45) is 0 Å². The lowest BCUT2D eigenvalue weighted by Crippen LogP contribution is -2.09. The van der Waals surface area contributed by atoms with E-state index in [0.29, 0.717) is 9.52 Å². The molecule has 0 spiro atoms. The summed E-state index contributed by atoms with van der Waals surface area (Å²) in [7, 11) is 0.661. The van der Waals surface area contributed by atoms with Gasteiger partial charge in [-0.2, -0.15) is 0 Å². The second-order valence-corrected chi connectivity index (χ2v) is 4.02. The van der Waals surface area contributed by atoms with Gasteiger partial charge in [0.1, 0.15) is 0 Å². The lowest BCUT2D eigenvalue weighted by molar-refractivity contribution is 0.272. The van der Waals surface area contributed by atoms with Gasteiger partial charge in [0.15, 0.2) is 0 Å². The van der Waals surface area contributed by atoms with E-state index in [9.17, 15) is 0 Å². The average molecular weight is 142 g/mol. The summed E-state index contributed by atoms with van der Waals surface area (Å²) >= 11 is 0. The Hall–Kier alpha value is -0.0831. The molecule has 9 heavy (non-hydrogen) atoms. The van der Waals surface area contributed by atoms with E-state index in [1.54, 1.807) is 0 Å². The van der Waals surface area contributed by atoms with Crippen molar-refractivity contribution in [3.8, 4) is 0 Å². The van der Waals surface area contributed by atoms with Gasteiger partial charge >= 0.3 is 0 Å². The summed E-state index contributed by atoms with van der Waals surface area (Å²) in [6, 6.07) is 1.03. The molecule has 0 aromatic heterocycles. The fraction of sp³-hybridized carbons (Fsp3) is 0.714. The highest BCUT2D eigenvalue weighted by Gasteiger charge is 1.92. The molecular formula is C7H14OSi. The normalized spacial score (nSPS) is 12.9. The van der Waals surface area contributed by atoms with Crippen LogP contribution in [0.2, 0.25) is 6.04 Å². The maximum Gasteiger partial charge on any atom is 0.0812 e. The maximum atomic E-state index is 8.85. The molecule has 0 saturated heterocycles. The van der Waals surface area contributed by atoms with E-state index in [4.69, 9.17) is 5.11 Å². The van der Waals surface area contributed by atoms with Crippen molar-refractivity contribution in [2.45, 2.75) is 32.5 Å². The molecule has 0 aliphatic heterocycles. The summed E-state index contributed by atoms with van der Waals surface area (Å²) in [5.41, 5.74) is 1.21. The summed E-state index contributed by atoms with van der Waals surface area (Å²) in [5.74, 6) is 0. The van der Waals surface area contributed by atoms with Crippen molar-refractivity contribution in [1.29, 1.82) is 0 Å². The molecular weight excluding hydrogens is 128 g/mol. The second kappa shape index (κ2) is 4.76. The van der Waals surface area contributed by atoms with Gasteiger partial charge in [-0.25, -0.2) is 0 Å². The van der Waals surface area contributed by atoms with Crippen molar-refractivity contribution in [2.75, 3.05) is 0 Å². The van der Waals surface area contributed by atoms with Crippen LogP contribution in [-0.4, -0.2) is 20.4 Å². The third-order valence-electron chi connectivity index (χ3n) is 0.924. The zero-order valence-corrected chi connectivity index (χ0v) is 7.31. The summed E-state index contributed by atoms with van der Waals surface area (Å²) in [6.07, 6.45) is 2.16. The maximum absolute atomic E-state index is 8.85. The predicted molar refractivity (Wildman–Crippen MR) is 41.7 cm³/mol. The standard InChI is InChI=1S/C7H14OSi/c1-6(2)4-5-9-7(3)8/h4,7-8H,5H2,1-3H3. The van der Waals surface area contributed by atoms with Gasteiger partial charge in [-0.05, 0) is 26.8 Å². The van der Waals surface area contributed by atoms with Crippen molar-refractivity contribution < 1.29 is 5.11 Å². The van der Waals surface area contributed by atoms with Crippen LogP contribution in [-0.2, 0) is 0 Å². The van der Waals surface area contributed by atoms with Crippen LogP contribution < -0.4 is 0 Å². The Morgan fingerprint density at radius 2 is 2.22 bits per heavy atom. The molecule has 0 bridgehead atoms. The molecule has 0 saturated carbocycles. The van der Waals surface area contributed by atoms with Crippen molar-refractivity contribution >= 4 is 9.52 Å². The number of aliphatic hydroxyl groups is 1. The van der Waals surface area contributed by atoms with E-state index in [1.807, 2.05) is 6.92 Å². The first-order valence-electron chi connectivity index (χ1n) is 3.17. The topological polar surface area (TPSA) is 20.2 Å². The number of hydrogen-bond donors (Lipinski definition) is 1. The predicted octanol–water partition coefficient (Wildman–Crippen LogP) is 1.41. The fourth-order valence-electron chi connectivity index (χ4n) is 0.434. The highest BCUT2D eigenvalue weighted by molar-refractivity contribution is 6.37. The van der Waals surface area contributed by atoms with Crippen LogP contribution in [0.5, 0.6) is 0 Å². The van der Waals surface area contributed by atoms with Gasteiger partial charge < -0.3 is 5.11 Å². The molecule has 0 aromatic rings. The molecule has 0 fully saturated rings. The molecule has 1 nitrogen and oxygen atoms in total. The van der Waals surface area contributed by atoms with Crippen molar-refractivity contribution in [3.05, 3.63) is 11.6 Å². The first-order valence-corrected chi connectivity index (χ1v) is 4.46. The zero-order valence-electron chi connectivity index (χ0n) is 6.31. The molecule has 2 heteroatoms. The monoisotopic (exact) mass is 142 g/mol. The fourth-order valence-corrected chi connectivity index (χ4v) is 1.30. The quantitative estimate of drug-likeness (QED) is 0.466. The molecule has 0 aliphatic carbocycles. The van der Waals surface area contributed by atoms with Gasteiger partial charge in [0, 0.05) is 5.73 Å². The first-order chi connectivity index (χ1) is 4.13. The second-order valence-electron chi connectivity index (χ2n) is 2.37. The van der Waals surface area contributed by atoms with Crippen LogP contribution in [0.15, 0.2) is 11.6 Å². The molecule has 1 N–H and O–H groups in total.